The molecule has 5 nitrogen and oxygen atoms in total. The van der Waals surface area contributed by atoms with Gasteiger partial charge in [-0.3, -0.25) is 4.90 Å². The Bertz CT molecular complexity index is 570. The van der Waals surface area contributed by atoms with E-state index in [0.29, 0.717) is 6.42 Å². The van der Waals surface area contributed by atoms with Gasteiger partial charge >= 0.3 is 0 Å². The molecule has 6 heteroatoms. The molecule has 1 aromatic carbocycles. The Morgan fingerprint density at radius 2 is 1.76 bits per heavy atom. The second-order valence-electron chi connectivity index (χ2n) is 5.92. The van der Waals surface area contributed by atoms with Crippen molar-refractivity contribution in [2.24, 2.45) is 0 Å². The fourth-order valence-corrected chi connectivity index (χ4v) is 4.73. The number of rotatable bonds is 4. The Kier molecular flexibility index (Phi) is 4.31. The van der Waals surface area contributed by atoms with Gasteiger partial charge in [-0.25, -0.2) is 13.1 Å². The van der Waals surface area contributed by atoms with Crippen molar-refractivity contribution in [2.45, 2.75) is 48.8 Å². The summed E-state index contributed by atoms with van der Waals surface area (Å²) in [5.41, 5.74) is 0. The van der Waals surface area contributed by atoms with E-state index in [2.05, 4.69) is 9.62 Å². The molecule has 1 aliphatic heterocycles. The molecule has 0 unspecified atom stereocenters. The van der Waals surface area contributed by atoms with Crippen LogP contribution in [0.3, 0.4) is 0 Å². The SMILES string of the molecule is O=S(=O)(N[C@@H]1CC[C@@H](N2CCCC2)[C@@H]1O)c1ccccc1. The molecule has 2 aliphatic rings. The maximum atomic E-state index is 12.3. The third-order valence-corrected chi connectivity index (χ3v) is 6.06. The fourth-order valence-electron chi connectivity index (χ4n) is 3.43. The monoisotopic (exact) mass is 310 g/mol. The predicted octanol–water partition coefficient (Wildman–Crippen LogP) is 0.953. The molecule has 21 heavy (non-hydrogen) atoms. The van der Waals surface area contributed by atoms with Crippen molar-refractivity contribution in [1.82, 2.24) is 9.62 Å². The number of aliphatic hydroxyl groups is 1. The number of aliphatic hydroxyl groups excluding tert-OH is 1. The fraction of sp³-hybridized carbons (Fsp3) is 0.600. The smallest absolute Gasteiger partial charge is 0.240 e. The Morgan fingerprint density at radius 1 is 1.10 bits per heavy atom. The molecule has 1 aromatic rings. The van der Waals surface area contributed by atoms with Crippen molar-refractivity contribution in [3.05, 3.63) is 30.3 Å². The minimum absolute atomic E-state index is 0.0935. The largest absolute Gasteiger partial charge is 0.390 e. The van der Waals surface area contributed by atoms with Crippen molar-refractivity contribution in [3.63, 3.8) is 0 Å². The van der Waals surface area contributed by atoms with Crippen molar-refractivity contribution < 1.29 is 13.5 Å². The van der Waals surface area contributed by atoms with Gasteiger partial charge in [0.25, 0.3) is 0 Å². The molecule has 116 valence electrons. The molecule has 3 rings (SSSR count). The van der Waals surface area contributed by atoms with Crippen LogP contribution in [0, 0.1) is 0 Å². The van der Waals surface area contributed by atoms with Gasteiger partial charge < -0.3 is 5.11 Å². The van der Waals surface area contributed by atoms with Crippen molar-refractivity contribution >= 4 is 10.0 Å². The summed E-state index contributed by atoms with van der Waals surface area (Å²) in [6.45, 7) is 2.03. The third-order valence-electron chi connectivity index (χ3n) is 4.55. The highest BCUT2D eigenvalue weighted by atomic mass is 32.2. The third kappa shape index (κ3) is 3.13. The predicted molar refractivity (Wildman–Crippen MR) is 80.4 cm³/mol. The molecule has 1 saturated carbocycles. The van der Waals surface area contributed by atoms with Crippen molar-refractivity contribution in [1.29, 1.82) is 0 Å². The van der Waals surface area contributed by atoms with Gasteiger partial charge in [0.2, 0.25) is 10.0 Å². The first-order chi connectivity index (χ1) is 10.1. The van der Waals surface area contributed by atoms with Gasteiger partial charge in [-0.1, -0.05) is 18.2 Å². The van der Waals surface area contributed by atoms with Gasteiger partial charge in [0, 0.05) is 12.1 Å². The van der Waals surface area contributed by atoms with Crippen molar-refractivity contribution in [2.75, 3.05) is 13.1 Å². The molecule has 3 atom stereocenters. The lowest BCUT2D eigenvalue weighted by atomic mass is 10.1. The molecular weight excluding hydrogens is 288 g/mol. The van der Waals surface area contributed by atoms with Crippen LogP contribution in [-0.2, 0) is 10.0 Å². The molecule has 1 aliphatic carbocycles. The van der Waals surface area contributed by atoms with E-state index in [1.165, 1.54) is 12.8 Å². The number of sulfonamides is 1. The van der Waals surface area contributed by atoms with Crippen LogP contribution in [0.5, 0.6) is 0 Å². The minimum Gasteiger partial charge on any atom is -0.390 e. The molecule has 1 heterocycles. The van der Waals surface area contributed by atoms with E-state index in [0.717, 1.165) is 19.5 Å². The highest BCUT2D eigenvalue weighted by Crippen LogP contribution is 2.28. The summed E-state index contributed by atoms with van der Waals surface area (Å²) in [4.78, 5) is 2.54. The average Bonchev–Trinajstić information content (AvgIpc) is 3.11. The van der Waals surface area contributed by atoms with Crippen LogP contribution in [0.25, 0.3) is 0 Å². The van der Waals surface area contributed by atoms with Crippen LogP contribution in [0.2, 0.25) is 0 Å². The van der Waals surface area contributed by atoms with E-state index < -0.39 is 16.1 Å². The first-order valence-corrected chi connectivity index (χ1v) is 9.06. The van der Waals surface area contributed by atoms with Crippen LogP contribution in [0.15, 0.2) is 35.2 Å². The standard InChI is InChI=1S/C15H22N2O3S/c18-15-13(8-9-14(15)17-10-4-5-11-17)16-21(19,20)12-6-2-1-3-7-12/h1-3,6-7,13-16,18H,4-5,8-11H2/t13-,14-,15-/m1/s1. The summed E-state index contributed by atoms with van der Waals surface area (Å²) in [6.07, 6.45) is 3.26. The maximum Gasteiger partial charge on any atom is 0.240 e. The quantitative estimate of drug-likeness (QED) is 0.869. The number of likely N-dealkylation sites (tertiary alicyclic amines) is 1. The van der Waals surface area contributed by atoms with Crippen LogP contribution in [0.4, 0.5) is 0 Å². The molecule has 0 spiro atoms. The second-order valence-corrected chi connectivity index (χ2v) is 7.63. The van der Waals surface area contributed by atoms with Crippen LogP contribution >= 0.6 is 0 Å². The van der Waals surface area contributed by atoms with Gasteiger partial charge in [0.05, 0.1) is 11.0 Å². The second kappa shape index (κ2) is 6.04. The zero-order valence-corrected chi connectivity index (χ0v) is 12.8. The Hall–Kier alpha value is -0.950. The van der Waals surface area contributed by atoms with E-state index in [1.807, 2.05) is 0 Å². The van der Waals surface area contributed by atoms with Crippen LogP contribution in [0.1, 0.15) is 25.7 Å². The topological polar surface area (TPSA) is 69.6 Å². The average molecular weight is 310 g/mol. The van der Waals surface area contributed by atoms with Gasteiger partial charge in [-0.2, -0.15) is 0 Å². The van der Waals surface area contributed by atoms with E-state index in [4.69, 9.17) is 0 Å². The molecule has 0 radical (unpaired) electrons. The zero-order valence-electron chi connectivity index (χ0n) is 12.0. The Labute approximate surface area is 126 Å². The van der Waals surface area contributed by atoms with E-state index in [-0.39, 0.29) is 17.0 Å². The van der Waals surface area contributed by atoms with Crippen molar-refractivity contribution in [3.8, 4) is 0 Å². The lowest BCUT2D eigenvalue weighted by Crippen LogP contribution is -2.47. The van der Waals surface area contributed by atoms with Gasteiger partial charge in [-0.15, -0.1) is 0 Å². The van der Waals surface area contributed by atoms with E-state index in [9.17, 15) is 13.5 Å². The Balaban J connectivity index is 1.68. The molecule has 2 fully saturated rings. The minimum atomic E-state index is -3.55. The normalized spacial score (nSPS) is 30.8. The number of nitrogens with zero attached hydrogens (tertiary/aromatic N) is 1. The summed E-state index contributed by atoms with van der Waals surface area (Å²) in [7, 11) is -3.55. The van der Waals surface area contributed by atoms with E-state index in [1.54, 1.807) is 30.3 Å². The first kappa shape index (κ1) is 15.0. The molecule has 2 N–H and O–H groups in total. The highest BCUT2D eigenvalue weighted by Gasteiger charge is 2.40. The van der Waals surface area contributed by atoms with Gasteiger partial charge in [0.15, 0.2) is 0 Å². The summed E-state index contributed by atoms with van der Waals surface area (Å²) in [6, 6.07) is 8.03. The number of hydrogen-bond acceptors (Lipinski definition) is 4. The first-order valence-electron chi connectivity index (χ1n) is 7.57. The molecule has 0 aromatic heterocycles. The van der Waals surface area contributed by atoms with Gasteiger partial charge in [0.1, 0.15) is 0 Å². The van der Waals surface area contributed by atoms with Crippen LogP contribution < -0.4 is 4.72 Å². The maximum absolute atomic E-state index is 12.3. The lowest BCUT2D eigenvalue weighted by molar-refractivity contribution is 0.0725. The summed E-state index contributed by atoms with van der Waals surface area (Å²) < 4.78 is 27.3. The lowest BCUT2D eigenvalue weighted by Gasteiger charge is -2.28. The summed E-state index contributed by atoms with van der Waals surface area (Å²) in [5, 5.41) is 10.5. The summed E-state index contributed by atoms with van der Waals surface area (Å²) in [5.74, 6) is 0. The molecule has 0 amide bonds. The summed E-state index contributed by atoms with van der Waals surface area (Å²) >= 11 is 0. The van der Waals surface area contributed by atoms with E-state index >= 15 is 0 Å². The molecule has 0 bridgehead atoms. The van der Waals surface area contributed by atoms with Gasteiger partial charge in [-0.05, 0) is 50.9 Å². The molecular formula is C15H22N2O3S. The highest BCUT2D eigenvalue weighted by molar-refractivity contribution is 7.89. The number of hydrogen-bond donors (Lipinski definition) is 2. The number of nitrogens with one attached hydrogen (secondary N) is 1. The Morgan fingerprint density at radius 3 is 2.43 bits per heavy atom. The zero-order chi connectivity index (χ0) is 14.9. The molecule has 1 saturated heterocycles. The van der Waals surface area contributed by atoms with Crippen LogP contribution in [-0.4, -0.2) is 49.7 Å². The number of benzene rings is 1.